The van der Waals surface area contributed by atoms with Crippen LogP contribution in [0.4, 0.5) is 5.13 Å². The maximum Gasteiger partial charge on any atom is 0.250 e. The molecule has 3 aromatic rings. The van der Waals surface area contributed by atoms with Crippen LogP contribution in [-0.4, -0.2) is 17.7 Å². The molecule has 0 saturated carbocycles. The Bertz CT molecular complexity index is 862. The molecular weight excluding hydrogens is 312 g/mol. The van der Waals surface area contributed by atoms with Crippen LogP contribution in [0.15, 0.2) is 48.5 Å². The Labute approximate surface area is 136 Å². The topological polar surface area (TPSA) is 60.5 Å². The van der Waals surface area contributed by atoms with E-state index in [2.05, 4.69) is 10.3 Å². The molecule has 5 nitrogen and oxygen atoms in total. The number of nitrogens with zero attached hydrogens (tertiary/aromatic N) is 1. The van der Waals surface area contributed by atoms with Crippen molar-refractivity contribution in [2.24, 2.45) is 0 Å². The second kappa shape index (κ2) is 5.73. The largest absolute Gasteiger partial charge is 0.454 e. The summed E-state index contributed by atoms with van der Waals surface area (Å²) in [4.78, 5) is 16.4. The molecule has 0 radical (unpaired) electrons. The molecule has 2 aromatic carbocycles. The molecule has 0 spiro atoms. The van der Waals surface area contributed by atoms with Crippen LogP contribution in [0.1, 0.15) is 5.56 Å². The maximum absolute atomic E-state index is 12.0. The molecule has 1 aliphatic heterocycles. The van der Waals surface area contributed by atoms with Crippen LogP contribution in [0, 0.1) is 0 Å². The van der Waals surface area contributed by atoms with E-state index in [9.17, 15) is 4.79 Å². The van der Waals surface area contributed by atoms with E-state index in [1.165, 1.54) is 17.4 Å². The van der Waals surface area contributed by atoms with Gasteiger partial charge < -0.3 is 9.47 Å². The highest BCUT2D eigenvalue weighted by Crippen LogP contribution is 2.38. The Kier molecular flexibility index (Phi) is 3.44. The molecule has 1 N–H and O–H groups in total. The molecule has 23 heavy (non-hydrogen) atoms. The number of nitrogens with one attached hydrogen (secondary N) is 1. The van der Waals surface area contributed by atoms with Crippen molar-refractivity contribution in [1.82, 2.24) is 4.98 Å². The standard InChI is InChI=1S/C17H12N2O3S/c20-16(7-6-11-4-2-1-3-5-11)19-17-18-12-8-13-14(22-10-21-13)9-15(12)23-17/h1-9H,10H2,(H,18,19,20)/b7-6+. The molecule has 0 bridgehead atoms. The van der Waals surface area contributed by atoms with E-state index in [0.717, 1.165) is 15.8 Å². The Morgan fingerprint density at radius 3 is 2.78 bits per heavy atom. The number of benzene rings is 2. The van der Waals surface area contributed by atoms with Gasteiger partial charge in [-0.3, -0.25) is 10.1 Å². The fourth-order valence-electron chi connectivity index (χ4n) is 2.25. The molecule has 1 aliphatic rings. The summed E-state index contributed by atoms with van der Waals surface area (Å²) < 4.78 is 11.6. The van der Waals surface area contributed by atoms with Gasteiger partial charge in [-0.15, -0.1) is 0 Å². The van der Waals surface area contributed by atoms with E-state index < -0.39 is 0 Å². The Hall–Kier alpha value is -2.86. The van der Waals surface area contributed by atoms with E-state index in [0.29, 0.717) is 16.6 Å². The summed E-state index contributed by atoms with van der Waals surface area (Å²) in [5.74, 6) is 1.18. The number of amides is 1. The lowest BCUT2D eigenvalue weighted by atomic mass is 10.2. The smallest absolute Gasteiger partial charge is 0.250 e. The van der Waals surface area contributed by atoms with Crippen molar-refractivity contribution < 1.29 is 14.3 Å². The average molecular weight is 324 g/mol. The zero-order valence-electron chi connectivity index (χ0n) is 12.0. The highest BCUT2D eigenvalue weighted by Gasteiger charge is 2.16. The Morgan fingerprint density at radius 2 is 1.96 bits per heavy atom. The third kappa shape index (κ3) is 2.89. The first-order valence-electron chi connectivity index (χ1n) is 7.02. The van der Waals surface area contributed by atoms with E-state index in [1.54, 1.807) is 6.08 Å². The van der Waals surface area contributed by atoms with Crippen LogP contribution in [0.3, 0.4) is 0 Å². The summed E-state index contributed by atoms with van der Waals surface area (Å²) >= 11 is 1.40. The summed E-state index contributed by atoms with van der Waals surface area (Å²) in [6.07, 6.45) is 3.26. The van der Waals surface area contributed by atoms with Gasteiger partial charge in [0.15, 0.2) is 16.6 Å². The first kappa shape index (κ1) is 13.8. The first-order chi connectivity index (χ1) is 11.3. The van der Waals surface area contributed by atoms with Crippen molar-refractivity contribution in [3.05, 3.63) is 54.1 Å². The van der Waals surface area contributed by atoms with Crippen molar-refractivity contribution in [3.63, 3.8) is 0 Å². The minimum absolute atomic E-state index is 0.215. The number of hydrogen-bond acceptors (Lipinski definition) is 5. The monoisotopic (exact) mass is 324 g/mol. The number of carbonyl (C=O) groups excluding carboxylic acids is 1. The summed E-state index contributed by atoms with van der Waals surface area (Å²) in [5.41, 5.74) is 1.75. The summed E-state index contributed by atoms with van der Waals surface area (Å²) in [6, 6.07) is 13.4. The van der Waals surface area contributed by atoms with Crippen molar-refractivity contribution in [2.75, 3.05) is 12.1 Å². The zero-order chi connectivity index (χ0) is 15.6. The van der Waals surface area contributed by atoms with Gasteiger partial charge in [-0.1, -0.05) is 41.7 Å². The summed E-state index contributed by atoms with van der Waals surface area (Å²) in [5, 5.41) is 3.32. The van der Waals surface area contributed by atoms with E-state index in [4.69, 9.17) is 9.47 Å². The molecule has 0 saturated heterocycles. The van der Waals surface area contributed by atoms with Crippen LogP contribution < -0.4 is 14.8 Å². The molecule has 1 aromatic heterocycles. The van der Waals surface area contributed by atoms with Gasteiger partial charge in [0.25, 0.3) is 0 Å². The minimum atomic E-state index is -0.215. The quantitative estimate of drug-likeness (QED) is 0.747. The summed E-state index contributed by atoms with van der Waals surface area (Å²) in [6.45, 7) is 0.237. The second-order valence-electron chi connectivity index (χ2n) is 4.93. The fourth-order valence-corrected chi connectivity index (χ4v) is 3.13. The number of ether oxygens (including phenoxy) is 2. The number of anilines is 1. The van der Waals surface area contributed by atoms with Gasteiger partial charge in [-0.25, -0.2) is 4.98 Å². The first-order valence-corrected chi connectivity index (χ1v) is 7.84. The number of thiazole rings is 1. The number of hydrogen-bond donors (Lipinski definition) is 1. The van der Waals surface area contributed by atoms with Crippen molar-refractivity contribution in [2.45, 2.75) is 0 Å². The van der Waals surface area contributed by atoms with E-state index >= 15 is 0 Å². The van der Waals surface area contributed by atoms with Gasteiger partial charge >= 0.3 is 0 Å². The normalized spacial score (nSPS) is 12.9. The van der Waals surface area contributed by atoms with Crippen LogP contribution in [-0.2, 0) is 4.79 Å². The van der Waals surface area contributed by atoms with Crippen molar-refractivity contribution in [3.8, 4) is 11.5 Å². The summed E-state index contributed by atoms with van der Waals surface area (Å²) in [7, 11) is 0. The van der Waals surface area contributed by atoms with Crippen molar-refractivity contribution in [1.29, 1.82) is 0 Å². The van der Waals surface area contributed by atoms with Crippen LogP contribution in [0.2, 0.25) is 0 Å². The molecule has 2 heterocycles. The Balaban J connectivity index is 1.51. The number of aromatic nitrogens is 1. The maximum atomic E-state index is 12.0. The van der Waals surface area contributed by atoms with Crippen LogP contribution in [0.5, 0.6) is 11.5 Å². The Morgan fingerprint density at radius 1 is 1.17 bits per heavy atom. The molecule has 0 unspecified atom stereocenters. The third-order valence-electron chi connectivity index (χ3n) is 3.34. The fraction of sp³-hybridized carbons (Fsp3) is 0.0588. The number of rotatable bonds is 3. The van der Waals surface area contributed by atoms with Gasteiger partial charge in [0, 0.05) is 18.2 Å². The lowest BCUT2D eigenvalue weighted by Crippen LogP contribution is -2.07. The van der Waals surface area contributed by atoms with Gasteiger partial charge in [-0.2, -0.15) is 0 Å². The van der Waals surface area contributed by atoms with Crippen molar-refractivity contribution >= 4 is 38.7 Å². The third-order valence-corrected chi connectivity index (χ3v) is 4.27. The lowest BCUT2D eigenvalue weighted by Gasteiger charge is -1.95. The SMILES string of the molecule is O=C(/C=C/c1ccccc1)Nc1nc2cc3c(cc2s1)OCO3. The molecule has 4 rings (SSSR count). The van der Waals surface area contributed by atoms with Gasteiger partial charge in [0.05, 0.1) is 10.2 Å². The molecular formula is C17H12N2O3S. The zero-order valence-corrected chi connectivity index (χ0v) is 12.8. The molecule has 1 amide bonds. The average Bonchev–Trinajstić information content (AvgIpc) is 3.16. The number of fused-ring (bicyclic) bond motifs is 2. The number of carbonyl (C=O) groups is 1. The molecule has 0 fully saturated rings. The second-order valence-corrected chi connectivity index (χ2v) is 5.96. The molecule has 114 valence electrons. The molecule has 6 heteroatoms. The highest BCUT2D eigenvalue weighted by molar-refractivity contribution is 7.22. The lowest BCUT2D eigenvalue weighted by molar-refractivity contribution is -0.111. The highest BCUT2D eigenvalue weighted by atomic mass is 32.1. The van der Waals surface area contributed by atoms with Crippen LogP contribution in [0.25, 0.3) is 16.3 Å². The van der Waals surface area contributed by atoms with Crippen LogP contribution >= 0.6 is 11.3 Å². The van der Waals surface area contributed by atoms with Gasteiger partial charge in [-0.05, 0) is 11.6 Å². The molecule has 0 aliphatic carbocycles. The minimum Gasteiger partial charge on any atom is -0.454 e. The van der Waals surface area contributed by atoms with E-state index in [-0.39, 0.29) is 12.7 Å². The van der Waals surface area contributed by atoms with Gasteiger partial charge in [0.1, 0.15) is 0 Å². The predicted molar refractivity (Wildman–Crippen MR) is 89.8 cm³/mol. The van der Waals surface area contributed by atoms with E-state index in [1.807, 2.05) is 42.5 Å². The molecule has 0 atom stereocenters. The van der Waals surface area contributed by atoms with Gasteiger partial charge in [0.2, 0.25) is 12.7 Å². The predicted octanol–water partition coefficient (Wildman–Crippen LogP) is 3.68.